The number of ether oxygens (including phenoxy) is 1. The van der Waals surface area contributed by atoms with Crippen LogP contribution in [-0.4, -0.2) is 6.54 Å². The van der Waals surface area contributed by atoms with Crippen molar-refractivity contribution in [3.63, 3.8) is 0 Å². The van der Waals surface area contributed by atoms with Gasteiger partial charge >= 0.3 is 0 Å². The molecule has 2 rings (SSSR count). The molecule has 0 aliphatic rings. The molecular weight excluding hydrogens is 289 g/mol. The van der Waals surface area contributed by atoms with Crippen LogP contribution in [0.25, 0.3) is 0 Å². The molecule has 0 amide bonds. The highest BCUT2D eigenvalue weighted by Gasteiger charge is 2.09. The monoisotopic (exact) mass is 307 g/mol. The molecule has 0 aromatic heterocycles. The molecule has 2 nitrogen and oxygen atoms in total. The smallest absolute Gasteiger partial charge is 0.131 e. The first-order chi connectivity index (χ1) is 10.0. The molecule has 0 fully saturated rings. The molecule has 0 aliphatic heterocycles. The van der Waals surface area contributed by atoms with E-state index in [4.69, 9.17) is 22.1 Å². The molecule has 2 aromatic rings. The van der Waals surface area contributed by atoms with E-state index in [-0.39, 0.29) is 12.4 Å². The number of halogens is 2. The number of rotatable bonds is 5. The van der Waals surface area contributed by atoms with Crippen LogP contribution >= 0.6 is 11.6 Å². The van der Waals surface area contributed by atoms with Crippen molar-refractivity contribution in [3.8, 4) is 5.75 Å². The summed E-state index contributed by atoms with van der Waals surface area (Å²) in [5.74, 6) is 0.447. The molecule has 0 atom stereocenters. The van der Waals surface area contributed by atoms with Gasteiger partial charge in [-0.15, -0.1) is 0 Å². The maximum atomic E-state index is 13.7. The van der Waals surface area contributed by atoms with E-state index in [0.29, 0.717) is 17.1 Å². The average molecular weight is 308 g/mol. The van der Waals surface area contributed by atoms with E-state index >= 15 is 0 Å². The Morgan fingerprint density at radius 3 is 2.38 bits per heavy atom. The minimum atomic E-state index is -0.349. The lowest BCUT2D eigenvalue weighted by Gasteiger charge is -2.14. The van der Waals surface area contributed by atoms with Gasteiger partial charge in [0.15, 0.2) is 0 Å². The van der Waals surface area contributed by atoms with Crippen molar-refractivity contribution >= 4 is 11.6 Å². The lowest BCUT2D eigenvalue weighted by Crippen LogP contribution is -2.05. The fourth-order valence-electron chi connectivity index (χ4n) is 2.37. The number of benzene rings is 2. The van der Waals surface area contributed by atoms with Crippen molar-refractivity contribution in [2.75, 3.05) is 6.54 Å². The maximum Gasteiger partial charge on any atom is 0.131 e. The topological polar surface area (TPSA) is 35.2 Å². The fraction of sp³-hybridized carbons (Fsp3) is 0.294. The molecule has 0 radical (unpaired) electrons. The van der Waals surface area contributed by atoms with Gasteiger partial charge in [0.2, 0.25) is 0 Å². The van der Waals surface area contributed by atoms with Gasteiger partial charge in [0.25, 0.3) is 0 Å². The molecular formula is C17H19ClFNO. The second-order valence-electron chi connectivity index (χ2n) is 5.12. The molecule has 0 unspecified atom stereocenters. The summed E-state index contributed by atoms with van der Waals surface area (Å²) in [6.07, 6.45) is 0.841. The second kappa shape index (κ2) is 6.92. The van der Waals surface area contributed by atoms with E-state index in [1.54, 1.807) is 12.1 Å². The molecule has 0 heterocycles. The lowest BCUT2D eigenvalue weighted by atomic mass is 10.0. The van der Waals surface area contributed by atoms with Crippen molar-refractivity contribution in [3.05, 3.63) is 63.4 Å². The summed E-state index contributed by atoms with van der Waals surface area (Å²) >= 11 is 5.74. The van der Waals surface area contributed by atoms with Gasteiger partial charge in [-0.25, -0.2) is 4.39 Å². The zero-order valence-corrected chi connectivity index (χ0v) is 13.0. The van der Waals surface area contributed by atoms with Crippen molar-refractivity contribution < 1.29 is 9.13 Å². The normalized spacial score (nSPS) is 10.7. The van der Waals surface area contributed by atoms with Gasteiger partial charge in [-0.1, -0.05) is 29.8 Å². The van der Waals surface area contributed by atoms with E-state index < -0.39 is 0 Å². The van der Waals surface area contributed by atoms with Crippen LogP contribution in [0.4, 0.5) is 4.39 Å². The Labute approximate surface area is 129 Å². The summed E-state index contributed by atoms with van der Waals surface area (Å²) in [5.41, 5.74) is 9.33. The van der Waals surface area contributed by atoms with E-state index in [9.17, 15) is 4.39 Å². The predicted molar refractivity (Wildman–Crippen MR) is 84.4 cm³/mol. The zero-order chi connectivity index (χ0) is 15.4. The van der Waals surface area contributed by atoms with Crippen molar-refractivity contribution in [1.29, 1.82) is 0 Å². The van der Waals surface area contributed by atoms with Crippen LogP contribution in [0.5, 0.6) is 5.75 Å². The predicted octanol–water partition coefficient (Wildman–Crippen LogP) is 4.18. The fourth-order valence-corrected chi connectivity index (χ4v) is 2.53. The second-order valence-corrected chi connectivity index (χ2v) is 5.56. The third-order valence-corrected chi connectivity index (χ3v) is 3.58. The molecule has 0 bridgehead atoms. The van der Waals surface area contributed by atoms with Gasteiger partial charge in [0.05, 0.1) is 0 Å². The first kappa shape index (κ1) is 15.8. The number of hydrogen-bond donors (Lipinski definition) is 1. The highest BCUT2D eigenvalue weighted by atomic mass is 35.5. The summed E-state index contributed by atoms with van der Waals surface area (Å²) in [5, 5.41) is 0.384. The molecule has 4 heteroatoms. The van der Waals surface area contributed by atoms with Crippen LogP contribution in [0, 0.1) is 19.7 Å². The number of hydrogen-bond acceptors (Lipinski definition) is 2. The van der Waals surface area contributed by atoms with Crippen LogP contribution in [0.3, 0.4) is 0 Å². The van der Waals surface area contributed by atoms with Crippen molar-refractivity contribution in [1.82, 2.24) is 0 Å². The molecule has 0 aliphatic carbocycles. The average Bonchev–Trinajstić information content (AvgIpc) is 2.40. The SMILES string of the molecule is Cc1cc(CCN)cc(C)c1OCc1ccc(Cl)cc1F. The van der Waals surface area contributed by atoms with E-state index in [2.05, 4.69) is 12.1 Å². The Hall–Kier alpha value is -1.58. The summed E-state index contributed by atoms with van der Waals surface area (Å²) < 4.78 is 19.5. The number of nitrogens with two attached hydrogens (primary N) is 1. The minimum Gasteiger partial charge on any atom is -0.488 e. The Morgan fingerprint density at radius 2 is 1.81 bits per heavy atom. The summed E-state index contributed by atoms with van der Waals surface area (Å²) in [4.78, 5) is 0. The highest BCUT2D eigenvalue weighted by Crippen LogP contribution is 2.26. The van der Waals surface area contributed by atoms with Gasteiger partial charge in [0, 0.05) is 10.6 Å². The Morgan fingerprint density at radius 1 is 1.14 bits per heavy atom. The molecule has 0 saturated heterocycles. The highest BCUT2D eigenvalue weighted by molar-refractivity contribution is 6.30. The van der Waals surface area contributed by atoms with Crippen LogP contribution in [-0.2, 0) is 13.0 Å². The Balaban J connectivity index is 2.16. The minimum absolute atomic E-state index is 0.181. The van der Waals surface area contributed by atoms with E-state index in [0.717, 1.165) is 23.3 Å². The van der Waals surface area contributed by atoms with Crippen molar-refractivity contribution in [2.24, 2.45) is 5.73 Å². The molecule has 112 valence electrons. The summed E-state index contributed by atoms with van der Waals surface area (Å²) in [6, 6.07) is 8.73. The van der Waals surface area contributed by atoms with Gasteiger partial charge in [0.1, 0.15) is 18.2 Å². The van der Waals surface area contributed by atoms with Crippen molar-refractivity contribution in [2.45, 2.75) is 26.9 Å². The molecule has 2 N–H and O–H groups in total. The third-order valence-electron chi connectivity index (χ3n) is 3.34. The summed E-state index contributed by atoms with van der Waals surface area (Å²) in [7, 11) is 0. The van der Waals surface area contributed by atoms with Crippen LogP contribution in [0.1, 0.15) is 22.3 Å². The third kappa shape index (κ3) is 3.96. The first-order valence-electron chi connectivity index (χ1n) is 6.88. The quantitative estimate of drug-likeness (QED) is 0.899. The van der Waals surface area contributed by atoms with Gasteiger partial charge in [-0.3, -0.25) is 0 Å². The molecule has 2 aromatic carbocycles. The van der Waals surface area contributed by atoms with E-state index in [1.807, 2.05) is 13.8 Å². The zero-order valence-electron chi connectivity index (χ0n) is 12.2. The standard InChI is InChI=1S/C17H19ClFNO/c1-11-7-13(5-6-20)8-12(2)17(11)21-10-14-3-4-15(18)9-16(14)19/h3-4,7-9H,5-6,10,20H2,1-2H3. The lowest BCUT2D eigenvalue weighted by molar-refractivity contribution is 0.295. The molecule has 21 heavy (non-hydrogen) atoms. The van der Waals surface area contributed by atoms with Gasteiger partial charge in [-0.05, 0) is 55.6 Å². The van der Waals surface area contributed by atoms with Gasteiger partial charge < -0.3 is 10.5 Å². The first-order valence-corrected chi connectivity index (χ1v) is 7.26. The van der Waals surface area contributed by atoms with Crippen LogP contribution < -0.4 is 10.5 Å². The summed E-state index contributed by atoms with van der Waals surface area (Å²) in [6.45, 7) is 4.77. The largest absolute Gasteiger partial charge is 0.488 e. The maximum absolute atomic E-state index is 13.7. The Kier molecular flexibility index (Phi) is 5.21. The Bertz CT molecular complexity index is 620. The number of aryl methyl sites for hydroxylation is 2. The molecule has 0 spiro atoms. The van der Waals surface area contributed by atoms with Gasteiger partial charge in [-0.2, -0.15) is 0 Å². The molecule has 0 saturated carbocycles. The van der Waals surface area contributed by atoms with E-state index in [1.165, 1.54) is 11.6 Å². The van der Waals surface area contributed by atoms with Crippen LogP contribution in [0.15, 0.2) is 30.3 Å². The van der Waals surface area contributed by atoms with Crippen LogP contribution in [0.2, 0.25) is 5.02 Å².